The fourth-order valence-corrected chi connectivity index (χ4v) is 1.80. The maximum absolute atomic E-state index is 11.9. The van der Waals surface area contributed by atoms with Crippen molar-refractivity contribution in [3.05, 3.63) is 29.9 Å². The van der Waals surface area contributed by atoms with Gasteiger partial charge in [-0.3, -0.25) is 14.3 Å². The molecule has 0 unspecified atom stereocenters. The van der Waals surface area contributed by atoms with E-state index in [2.05, 4.69) is 15.6 Å². The lowest BCUT2D eigenvalue weighted by atomic mass is 10.3. The Bertz CT molecular complexity index is 656. The molecule has 104 valence electrons. The van der Waals surface area contributed by atoms with E-state index in [9.17, 15) is 9.59 Å². The Morgan fingerprint density at radius 3 is 3.00 bits per heavy atom. The topological polar surface area (TPSA) is 110 Å². The Hall–Kier alpha value is -2.64. The predicted octanol–water partition coefficient (Wildman–Crippen LogP) is 1.09. The van der Waals surface area contributed by atoms with Gasteiger partial charge in [-0.1, -0.05) is 5.16 Å². The van der Waals surface area contributed by atoms with Crippen LogP contribution in [0.4, 0.5) is 5.69 Å². The third kappa shape index (κ3) is 2.68. The lowest BCUT2D eigenvalue weighted by Gasteiger charge is -1.97. The zero-order valence-electron chi connectivity index (χ0n) is 10.4. The summed E-state index contributed by atoms with van der Waals surface area (Å²) in [6.45, 7) is -0.258. The molecule has 0 spiro atoms. The summed E-state index contributed by atoms with van der Waals surface area (Å²) in [6.07, 6.45) is 4.95. The van der Waals surface area contributed by atoms with Crippen molar-refractivity contribution in [1.29, 1.82) is 0 Å². The van der Waals surface area contributed by atoms with Gasteiger partial charge in [0, 0.05) is 18.2 Å². The number of nitrogens with one attached hydrogen (secondary N) is 1. The molecule has 2 heterocycles. The van der Waals surface area contributed by atoms with Gasteiger partial charge in [-0.15, -0.1) is 0 Å². The Kier molecular flexibility index (Phi) is 2.97. The van der Waals surface area contributed by atoms with Crippen LogP contribution in [0.5, 0.6) is 0 Å². The zero-order chi connectivity index (χ0) is 14.1. The van der Waals surface area contributed by atoms with Crippen LogP contribution in [0.25, 0.3) is 0 Å². The van der Waals surface area contributed by atoms with E-state index < -0.39 is 11.9 Å². The molecule has 1 aliphatic rings. The molecular formula is C12H12N4O4. The van der Waals surface area contributed by atoms with E-state index in [0.717, 1.165) is 18.6 Å². The molecule has 1 aliphatic carbocycles. The highest BCUT2D eigenvalue weighted by Crippen LogP contribution is 2.40. The number of rotatable bonds is 5. The molecule has 0 bridgehead atoms. The molecular weight excluding hydrogens is 264 g/mol. The number of amides is 1. The van der Waals surface area contributed by atoms with Crippen LogP contribution in [0, 0.1) is 0 Å². The molecule has 0 saturated heterocycles. The predicted molar refractivity (Wildman–Crippen MR) is 66.3 cm³/mol. The van der Waals surface area contributed by atoms with Gasteiger partial charge in [-0.25, -0.2) is 0 Å². The molecule has 2 aromatic rings. The first kappa shape index (κ1) is 12.4. The molecule has 2 aromatic heterocycles. The first-order valence-electron chi connectivity index (χ1n) is 6.14. The smallest absolute Gasteiger partial charge is 0.325 e. The first-order chi connectivity index (χ1) is 9.61. The number of nitrogens with zero attached hydrogens (tertiary/aromatic N) is 3. The van der Waals surface area contributed by atoms with Gasteiger partial charge in [0.1, 0.15) is 12.3 Å². The molecule has 20 heavy (non-hydrogen) atoms. The second-order valence-electron chi connectivity index (χ2n) is 4.66. The molecule has 8 nitrogen and oxygen atoms in total. The largest absolute Gasteiger partial charge is 0.480 e. The Morgan fingerprint density at radius 1 is 1.50 bits per heavy atom. The minimum Gasteiger partial charge on any atom is -0.480 e. The molecule has 8 heteroatoms. The molecule has 1 amide bonds. The monoisotopic (exact) mass is 276 g/mol. The van der Waals surface area contributed by atoms with Crippen LogP contribution in [0.3, 0.4) is 0 Å². The maximum atomic E-state index is 11.9. The van der Waals surface area contributed by atoms with Crippen molar-refractivity contribution in [2.75, 3.05) is 5.32 Å². The summed E-state index contributed by atoms with van der Waals surface area (Å²) in [5.74, 6) is -0.286. The number of carbonyl (C=O) groups is 2. The average Bonchev–Trinajstić information content (AvgIpc) is 2.96. The van der Waals surface area contributed by atoms with Gasteiger partial charge in [-0.05, 0) is 12.8 Å². The molecule has 2 N–H and O–H groups in total. The fourth-order valence-electron chi connectivity index (χ4n) is 1.80. The highest BCUT2D eigenvalue weighted by atomic mass is 16.5. The molecule has 1 fully saturated rings. The number of carbonyl (C=O) groups excluding carboxylic acids is 1. The number of anilines is 1. The summed E-state index contributed by atoms with van der Waals surface area (Å²) in [4.78, 5) is 22.4. The van der Waals surface area contributed by atoms with E-state index in [-0.39, 0.29) is 12.2 Å². The van der Waals surface area contributed by atoms with E-state index in [1.54, 1.807) is 6.07 Å². The first-order valence-corrected chi connectivity index (χ1v) is 6.14. The van der Waals surface area contributed by atoms with Crippen molar-refractivity contribution in [2.24, 2.45) is 0 Å². The number of hydrogen-bond acceptors (Lipinski definition) is 5. The molecule has 0 atom stereocenters. The lowest BCUT2D eigenvalue weighted by Crippen LogP contribution is -2.12. The van der Waals surface area contributed by atoms with Crippen LogP contribution in [0.2, 0.25) is 0 Å². The summed E-state index contributed by atoms with van der Waals surface area (Å²) in [6, 6.07) is 1.63. The highest BCUT2D eigenvalue weighted by Gasteiger charge is 2.28. The summed E-state index contributed by atoms with van der Waals surface area (Å²) < 4.78 is 6.31. The standard InChI is InChI=1S/C12H12N4O4/c17-11(18)6-16-5-8(4-13-16)14-12(19)9-3-10(20-15-9)7-1-2-7/h3-5,7H,1-2,6H2,(H,14,19)(H,17,18). The third-order valence-corrected chi connectivity index (χ3v) is 2.93. The van der Waals surface area contributed by atoms with Crippen molar-refractivity contribution >= 4 is 17.6 Å². The summed E-state index contributed by atoms with van der Waals surface area (Å²) in [5.41, 5.74) is 0.616. The third-order valence-electron chi connectivity index (χ3n) is 2.93. The van der Waals surface area contributed by atoms with Crippen LogP contribution in [0.15, 0.2) is 23.0 Å². The van der Waals surface area contributed by atoms with Gasteiger partial charge in [0.25, 0.3) is 5.91 Å². The Balaban J connectivity index is 1.65. The van der Waals surface area contributed by atoms with E-state index in [1.807, 2.05) is 0 Å². The molecule has 1 saturated carbocycles. The fraction of sp³-hybridized carbons (Fsp3) is 0.333. The highest BCUT2D eigenvalue weighted by molar-refractivity contribution is 6.02. The van der Waals surface area contributed by atoms with Gasteiger partial charge >= 0.3 is 5.97 Å². The molecule has 0 aliphatic heterocycles. The molecule has 0 radical (unpaired) electrons. The Morgan fingerprint density at radius 2 is 2.30 bits per heavy atom. The quantitative estimate of drug-likeness (QED) is 0.845. The van der Waals surface area contributed by atoms with Crippen molar-refractivity contribution < 1.29 is 19.2 Å². The maximum Gasteiger partial charge on any atom is 0.325 e. The summed E-state index contributed by atoms with van der Waals surface area (Å²) >= 11 is 0. The van der Waals surface area contributed by atoms with Gasteiger partial charge in [0.2, 0.25) is 0 Å². The van der Waals surface area contributed by atoms with E-state index in [0.29, 0.717) is 11.6 Å². The summed E-state index contributed by atoms with van der Waals surface area (Å²) in [7, 11) is 0. The average molecular weight is 276 g/mol. The SMILES string of the molecule is O=C(O)Cn1cc(NC(=O)c2cc(C3CC3)on2)cn1. The lowest BCUT2D eigenvalue weighted by molar-refractivity contribution is -0.137. The number of hydrogen-bond donors (Lipinski definition) is 2. The van der Waals surface area contributed by atoms with Crippen LogP contribution < -0.4 is 5.32 Å². The van der Waals surface area contributed by atoms with Crippen molar-refractivity contribution in [1.82, 2.24) is 14.9 Å². The number of aromatic nitrogens is 3. The van der Waals surface area contributed by atoms with Gasteiger partial charge in [0.15, 0.2) is 5.69 Å². The van der Waals surface area contributed by atoms with Gasteiger partial charge in [0.05, 0.1) is 11.9 Å². The van der Waals surface area contributed by atoms with Crippen molar-refractivity contribution in [3.8, 4) is 0 Å². The van der Waals surface area contributed by atoms with Crippen LogP contribution in [-0.4, -0.2) is 31.9 Å². The van der Waals surface area contributed by atoms with Crippen LogP contribution in [0.1, 0.15) is 35.0 Å². The van der Waals surface area contributed by atoms with Crippen LogP contribution in [-0.2, 0) is 11.3 Å². The summed E-state index contributed by atoms with van der Waals surface area (Å²) in [5, 5.41) is 18.8. The normalized spacial score (nSPS) is 14.2. The van der Waals surface area contributed by atoms with Crippen molar-refractivity contribution in [3.63, 3.8) is 0 Å². The number of aliphatic carboxylic acids is 1. The van der Waals surface area contributed by atoms with Crippen LogP contribution >= 0.6 is 0 Å². The molecule has 0 aromatic carbocycles. The van der Waals surface area contributed by atoms with Gasteiger partial charge in [-0.2, -0.15) is 5.10 Å². The number of carboxylic acid groups (broad SMARTS) is 1. The second kappa shape index (κ2) is 4.80. The zero-order valence-corrected chi connectivity index (χ0v) is 10.4. The van der Waals surface area contributed by atoms with E-state index in [1.165, 1.54) is 17.1 Å². The minimum atomic E-state index is -1.00. The van der Waals surface area contributed by atoms with Gasteiger partial charge < -0.3 is 14.9 Å². The minimum absolute atomic E-state index is 0.206. The van der Waals surface area contributed by atoms with E-state index >= 15 is 0 Å². The second-order valence-corrected chi connectivity index (χ2v) is 4.66. The van der Waals surface area contributed by atoms with E-state index in [4.69, 9.17) is 9.63 Å². The van der Waals surface area contributed by atoms with Crippen molar-refractivity contribution in [2.45, 2.75) is 25.3 Å². The molecule has 3 rings (SSSR count). The Labute approximate surface area is 113 Å². The number of carboxylic acids is 1.